The molecular formula is C36H43N5O7. The Labute approximate surface area is 279 Å². The third-order valence-electron chi connectivity index (χ3n) is 8.37. The number of aliphatic carboxylic acids is 1. The molecule has 0 fully saturated rings. The zero-order chi connectivity index (χ0) is 34.6. The number of hydrogen-bond acceptors (Lipinski definition) is 7. The molecule has 0 aliphatic carbocycles. The SMILES string of the molecule is CC(=O)NCCCC[C@@H](NC(=O)[C@H](Cc1ccccc1)NC(=O)[C@@H]1Cc2ccccc2CN1C(=O)[C@@H](N)Cc1ccc(O)cc1)C(=O)O. The van der Waals surface area contributed by atoms with E-state index in [1.165, 1.54) is 24.0 Å². The van der Waals surface area contributed by atoms with E-state index in [9.17, 15) is 34.2 Å². The van der Waals surface area contributed by atoms with Crippen LogP contribution >= 0.6 is 0 Å². The molecular weight excluding hydrogens is 614 g/mol. The number of aromatic hydroxyl groups is 1. The molecule has 1 aliphatic rings. The van der Waals surface area contributed by atoms with E-state index in [4.69, 9.17) is 5.73 Å². The highest BCUT2D eigenvalue weighted by atomic mass is 16.4. The second-order valence-electron chi connectivity index (χ2n) is 12.1. The van der Waals surface area contributed by atoms with Crippen LogP contribution < -0.4 is 21.7 Å². The van der Waals surface area contributed by atoms with Gasteiger partial charge >= 0.3 is 5.97 Å². The van der Waals surface area contributed by atoms with Crippen LogP contribution in [-0.4, -0.2) is 75.4 Å². The van der Waals surface area contributed by atoms with Gasteiger partial charge in [0.25, 0.3) is 0 Å². The summed E-state index contributed by atoms with van der Waals surface area (Å²) in [6.07, 6.45) is 1.58. The largest absolute Gasteiger partial charge is 0.508 e. The van der Waals surface area contributed by atoms with E-state index in [1.54, 1.807) is 36.4 Å². The molecule has 0 unspecified atom stereocenters. The Balaban J connectivity index is 1.53. The Morgan fingerprint density at radius 2 is 1.48 bits per heavy atom. The summed E-state index contributed by atoms with van der Waals surface area (Å²) in [4.78, 5) is 66.1. The third kappa shape index (κ3) is 10.1. The molecule has 0 aromatic heterocycles. The first-order valence-electron chi connectivity index (χ1n) is 16.0. The normalized spacial score (nSPS) is 15.7. The maximum atomic E-state index is 14.1. The van der Waals surface area contributed by atoms with Gasteiger partial charge in [-0.3, -0.25) is 19.2 Å². The number of unbranched alkanes of at least 4 members (excludes halogenated alkanes) is 1. The van der Waals surface area contributed by atoms with Crippen LogP contribution in [0.2, 0.25) is 0 Å². The standard InChI is InChI=1S/C36H43N5O7/c1-23(42)38-18-8-7-13-30(36(47)48)39-33(44)31(20-24-9-3-2-4-10-24)40-34(45)32-21-26-11-5-6-12-27(26)22-41(32)35(46)29(37)19-25-14-16-28(43)17-15-25/h2-6,9-12,14-17,29-32,43H,7-8,13,18-22,37H2,1H3,(H,38,42)(H,39,44)(H,40,45)(H,47,48)/t29-,30+,31-,32-/m0/s1. The number of nitrogens with two attached hydrogens (primary N) is 1. The van der Waals surface area contributed by atoms with Crippen LogP contribution in [0, 0.1) is 0 Å². The number of carboxylic acid groups (broad SMARTS) is 1. The lowest BCUT2D eigenvalue weighted by Gasteiger charge is -2.38. The molecule has 0 saturated carbocycles. The second-order valence-corrected chi connectivity index (χ2v) is 12.1. The van der Waals surface area contributed by atoms with E-state index in [0.29, 0.717) is 19.4 Å². The summed E-state index contributed by atoms with van der Waals surface area (Å²) in [6, 6.07) is 18.6. The van der Waals surface area contributed by atoms with Gasteiger partial charge in [-0.15, -0.1) is 0 Å². The molecule has 0 radical (unpaired) electrons. The van der Waals surface area contributed by atoms with Gasteiger partial charge in [-0.25, -0.2) is 4.79 Å². The number of carbonyl (C=O) groups is 5. The molecule has 4 atom stereocenters. The number of nitrogens with zero attached hydrogens (tertiary/aromatic N) is 1. The Kier molecular flexibility index (Phi) is 12.7. The van der Waals surface area contributed by atoms with Crippen molar-refractivity contribution < 1.29 is 34.2 Å². The van der Waals surface area contributed by atoms with Crippen LogP contribution in [0.5, 0.6) is 5.75 Å². The molecule has 1 heterocycles. The van der Waals surface area contributed by atoms with E-state index >= 15 is 0 Å². The molecule has 1 aliphatic heterocycles. The van der Waals surface area contributed by atoms with Gasteiger partial charge in [0.2, 0.25) is 23.6 Å². The number of hydrogen-bond donors (Lipinski definition) is 6. The maximum Gasteiger partial charge on any atom is 0.326 e. The Hall–Kier alpha value is -5.23. The van der Waals surface area contributed by atoms with Crippen LogP contribution in [0.3, 0.4) is 0 Å². The zero-order valence-corrected chi connectivity index (χ0v) is 26.9. The average molecular weight is 658 g/mol. The summed E-state index contributed by atoms with van der Waals surface area (Å²) in [7, 11) is 0. The van der Waals surface area contributed by atoms with E-state index in [0.717, 1.165) is 22.3 Å². The third-order valence-corrected chi connectivity index (χ3v) is 8.37. The van der Waals surface area contributed by atoms with Crippen molar-refractivity contribution in [2.75, 3.05) is 6.54 Å². The van der Waals surface area contributed by atoms with Gasteiger partial charge in [-0.1, -0.05) is 66.7 Å². The minimum atomic E-state index is -1.21. The van der Waals surface area contributed by atoms with E-state index in [1.807, 2.05) is 30.3 Å². The molecule has 0 bridgehead atoms. The fraction of sp³-hybridized carbons (Fsp3) is 0.361. The summed E-state index contributed by atoms with van der Waals surface area (Å²) in [5, 5.41) is 27.5. The summed E-state index contributed by atoms with van der Waals surface area (Å²) in [6.45, 7) is 1.93. The van der Waals surface area contributed by atoms with Crippen LogP contribution in [0.15, 0.2) is 78.9 Å². The number of phenolic OH excluding ortho intramolecular Hbond substituents is 1. The second kappa shape index (κ2) is 17.1. The first kappa shape index (κ1) is 35.6. The molecule has 12 heteroatoms. The molecule has 254 valence electrons. The monoisotopic (exact) mass is 657 g/mol. The van der Waals surface area contributed by atoms with Gasteiger partial charge in [-0.2, -0.15) is 0 Å². The Bertz CT molecular complexity index is 1580. The minimum Gasteiger partial charge on any atom is -0.508 e. The lowest BCUT2D eigenvalue weighted by molar-refractivity contribution is -0.144. The summed E-state index contributed by atoms with van der Waals surface area (Å²) in [5.74, 6) is -2.97. The first-order valence-corrected chi connectivity index (χ1v) is 16.0. The topological polar surface area (TPSA) is 191 Å². The van der Waals surface area contributed by atoms with Gasteiger partial charge in [0, 0.05) is 32.9 Å². The minimum absolute atomic E-state index is 0.0882. The predicted molar refractivity (Wildman–Crippen MR) is 178 cm³/mol. The van der Waals surface area contributed by atoms with E-state index in [-0.39, 0.29) is 43.9 Å². The van der Waals surface area contributed by atoms with Crippen molar-refractivity contribution in [3.63, 3.8) is 0 Å². The molecule has 3 aromatic carbocycles. The molecule has 3 aromatic rings. The number of carbonyl (C=O) groups excluding carboxylic acids is 4. The smallest absolute Gasteiger partial charge is 0.326 e. The van der Waals surface area contributed by atoms with Crippen molar-refractivity contribution in [1.29, 1.82) is 0 Å². The van der Waals surface area contributed by atoms with Crippen LogP contribution in [0.25, 0.3) is 0 Å². The van der Waals surface area contributed by atoms with E-state index < -0.39 is 47.9 Å². The molecule has 7 N–H and O–H groups in total. The molecule has 48 heavy (non-hydrogen) atoms. The van der Waals surface area contributed by atoms with Crippen molar-refractivity contribution in [2.45, 2.75) is 76.2 Å². The zero-order valence-electron chi connectivity index (χ0n) is 26.9. The van der Waals surface area contributed by atoms with Crippen molar-refractivity contribution in [1.82, 2.24) is 20.9 Å². The van der Waals surface area contributed by atoms with Gasteiger partial charge in [0.15, 0.2) is 0 Å². The average Bonchev–Trinajstić information content (AvgIpc) is 3.07. The van der Waals surface area contributed by atoms with Crippen LogP contribution in [0.1, 0.15) is 48.4 Å². The molecule has 0 spiro atoms. The van der Waals surface area contributed by atoms with Crippen molar-refractivity contribution in [2.24, 2.45) is 5.73 Å². The summed E-state index contributed by atoms with van der Waals surface area (Å²) in [5.41, 5.74) is 9.65. The highest BCUT2D eigenvalue weighted by molar-refractivity contribution is 5.94. The molecule has 12 nitrogen and oxygen atoms in total. The number of carboxylic acids is 1. The number of benzene rings is 3. The number of rotatable bonds is 15. The van der Waals surface area contributed by atoms with Gasteiger partial charge in [0.05, 0.1) is 6.04 Å². The van der Waals surface area contributed by atoms with Crippen molar-refractivity contribution >= 4 is 29.6 Å². The highest BCUT2D eigenvalue weighted by Crippen LogP contribution is 2.25. The quantitative estimate of drug-likeness (QED) is 0.133. The number of amides is 4. The Morgan fingerprint density at radius 1 is 0.833 bits per heavy atom. The van der Waals surface area contributed by atoms with Crippen molar-refractivity contribution in [3.8, 4) is 5.75 Å². The first-order chi connectivity index (χ1) is 23.0. The number of phenols is 1. The Morgan fingerprint density at radius 3 is 2.15 bits per heavy atom. The molecule has 0 saturated heterocycles. The fourth-order valence-electron chi connectivity index (χ4n) is 5.77. The lowest BCUT2D eigenvalue weighted by Crippen LogP contribution is -2.60. The maximum absolute atomic E-state index is 14.1. The summed E-state index contributed by atoms with van der Waals surface area (Å²) < 4.78 is 0. The summed E-state index contributed by atoms with van der Waals surface area (Å²) >= 11 is 0. The van der Waals surface area contributed by atoms with Crippen molar-refractivity contribution in [3.05, 3.63) is 101 Å². The number of nitrogens with one attached hydrogen (secondary N) is 3. The fourth-order valence-corrected chi connectivity index (χ4v) is 5.77. The van der Waals surface area contributed by atoms with Gasteiger partial charge < -0.3 is 36.8 Å². The molecule has 4 amide bonds. The predicted octanol–water partition coefficient (Wildman–Crippen LogP) is 1.82. The van der Waals surface area contributed by atoms with Gasteiger partial charge in [-0.05, 0) is 60.1 Å². The van der Waals surface area contributed by atoms with Crippen LogP contribution in [-0.2, 0) is 49.8 Å². The lowest BCUT2D eigenvalue weighted by atomic mass is 9.92. The highest BCUT2D eigenvalue weighted by Gasteiger charge is 2.38. The van der Waals surface area contributed by atoms with E-state index in [2.05, 4.69) is 16.0 Å². The van der Waals surface area contributed by atoms with Crippen LogP contribution in [0.4, 0.5) is 0 Å². The number of fused-ring (bicyclic) bond motifs is 1. The van der Waals surface area contributed by atoms with Gasteiger partial charge in [0.1, 0.15) is 23.9 Å². The molecule has 4 rings (SSSR count).